The van der Waals surface area contributed by atoms with Crippen molar-refractivity contribution in [3.63, 3.8) is 0 Å². The third kappa shape index (κ3) is 3.10. The largest absolute Gasteiger partial charge is 0.477 e. The van der Waals surface area contributed by atoms with Crippen LogP contribution in [0.1, 0.15) is 20.9 Å². The molecule has 19 heavy (non-hydrogen) atoms. The van der Waals surface area contributed by atoms with Crippen LogP contribution in [-0.4, -0.2) is 16.1 Å². The van der Waals surface area contributed by atoms with Crippen LogP contribution in [0, 0.1) is 18.6 Å². The number of carboxylic acids is 1. The van der Waals surface area contributed by atoms with Crippen molar-refractivity contribution >= 4 is 29.1 Å². The fourth-order valence-electron chi connectivity index (χ4n) is 1.43. The third-order valence-corrected chi connectivity index (χ3v) is 4.69. The molecule has 1 aromatic heterocycles. The Kier molecular flexibility index (Phi) is 4.16. The predicted molar refractivity (Wildman–Crippen MR) is 69.7 cm³/mol. The monoisotopic (exact) mass is 301 g/mol. The number of hydrogen-bond donors (Lipinski definition) is 1. The Morgan fingerprint density at radius 1 is 1.47 bits per heavy atom. The number of benzene rings is 1. The highest BCUT2D eigenvalue weighted by Gasteiger charge is 2.15. The molecule has 0 saturated carbocycles. The van der Waals surface area contributed by atoms with Gasteiger partial charge < -0.3 is 5.11 Å². The lowest BCUT2D eigenvalue weighted by molar-refractivity contribution is 0.0701. The first-order valence-electron chi connectivity index (χ1n) is 5.25. The molecule has 7 heteroatoms. The number of carbonyl (C=O) groups is 1. The molecule has 0 fully saturated rings. The first kappa shape index (κ1) is 14.0. The van der Waals surface area contributed by atoms with Gasteiger partial charge in [0, 0.05) is 11.3 Å². The number of halogens is 2. The highest BCUT2D eigenvalue weighted by atomic mass is 32.2. The van der Waals surface area contributed by atoms with Gasteiger partial charge in [0.1, 0.15) is 4.88 Å². The van der Waals surface area contributed by atoms with Crippen molar-refractivity contribution in [3.05, 3.63) is 46.0 Å². The van der Waals surface area contributed by atoms with E-state index in [-0.39, 0.29) is 16.2 Å². The molecule has 3 nitrogen and oxygen atoms in total. The Bertz CT molecular complexity index is 628. The van der Waals surface area contributed by atoms with Crippen LogP contribution in [0.5, 0.6) is 0 Å². The molecule has 0 aliphatic heterocycles. The molecule has 0 aliphatic carbocycles. The predicted octanol–water partition coefficient (Wildman–Crippen LogP) is 3.72. The molecule has 0 radical (unpaired) electrons. The molecule has 0 unspecified atom stereocenters. The smallest absolute Gasteiger partial charge is 0.347 e. The molecule has 0 amide bonds. The second-order valence-electron chi connectivity index (χ2n) is 3.70. The first-order chi connectivity index (χ1) is 8.99. The van der Waals surface area contributed by atoms with E-state index < -0.39 is 17.6 Å². The van der Waals surface area contributed by atoms with Gasteiger partial charge in [0.2, 0.25) is 0 Å². The van der Waals surface area contributed by atoms with Gasteiger partial charge in [-0.1, -0.05) is 23.9 Å². The van der Waals surface area contributed by atoms with E-state index in [0.717, 1.165) is 17.4 Å². The van der Waals surface area contributed by atoms with Crippen molar-refractivity contribution in [2.24, 2.45) is 0 Å². The van der Waals surface area contributed by atoms with Crippen molar-refractivity contribution in [1.29, 1.82) is 0 Å². The lowest BCUT2D eigenvalue weighted by atomic mass is 10.2. The van der Waals surface area contributed by atoms with Crippen molar-refractivity contribution in [1.82, 2.24) is 4.98 Å². The van der Waals surface area contributed by atoms with E-state index in [0.29, 0.717) is 10.0 Å². The molecule has 0 saturated heterocycles. The Hall–Kier alpha value is -1.47. The Balaban J connectivity index is 2.13. The summed E-state index contributed by atoms with van der Waals surface area (Å²) in [4.78, 5) is 15.1. The van der Waals surface area contributed by atoms with Gasteiger partial charge in [-0.25, -0.2) is 18.6 Å². The highest BCUT2D eigenvalue weighted by molar-refractivity contribution is 8.00. The number of hydrogen-bond acceptors (Lipinski definition) is 4. The van der Waals surface area contributed by atoms with Crippen molar-refractivity contribution < 1.29 is 18.7 Å². The summed E-state index contributed by atoms with van der Waals surface area (Å²) < 4.78 is 26.9. The minimum atomic E-state index is -1.03. The van der Waals surface area contributed by atoms with Gasteiger partial charge in [-0.2, -0.15) is 0 Å². The number of aromatic carboxylic acids is 1. The van der Waals surface area contributed by atoms with Gasteiger partial charge in [0.05, 0.1) is 5.69 Å². The summed E-state index contributed by atoms with van der Waals surface area (Å²) in [6.45, 7) is 1.60. The second-order valence-corrected chi connectivity index (χ2v) is 5.92. The Labute approximate surface area is 116 Å². The van der Waals surface area contributed by atoms with Gasteiger partial charge in [0.15, 0.2) is 16.0 Å². The molecule has 0 atom stereocenters. The normalized spacial score (nSPS) is 10.7. The number of aromatic nitrogens is 1. The Morgan fingerprint density at radius 2 is 2.21 bits per heavy atom. The van der Waals surface area contributed by atoms with Crippen LogP contribution >= 0.6 is 23.1 Å². The van der Waals surface area contributed by atoms with Gasteiger partial charge >= 0.3 is 5.97 Å². The van der Waals surface area contributed by atoms with Crippen LogP contribution in [-0.2, 0) is 5.75 Å². The molecule has 100 valence electrons. The summed E-state index contributed by atoms with van der Waals surface area (Å²) in [7, 11) is 0. The Morgan fingerprint density at radius 3 is 2.84 bits per heavy atom. The molecule has 1 N–H and O–H groups in total. The lowest BCUT2D eigenvalue weighted by Gasteiger charge is -2.01. The molecule has 0 bridgehead atoms. The summed E-state index contributed by atoms with van der Waals surface area (Å²) in [5.41, 5.74) is 0.662. The highest BCUT2D eigenvalue weighted by Crippen LogP contribution is 2.30. The van der Waals surface area contributed by atoms with E-state index in [1.54, 1.807) is 6.92 Å². The van der Waals surface area contributed by atoms with Crippen LogP contribution in [0.3, 0.4) is 0 Å². The molecule has 1 heterocycles. The maximum Gasteiger partial charge on any atom is 0.347 e. The molecule has 2 aromatic rings. The van der Waals surface area contributed by atoms with Crippen LogP contribution in [0.4, 0.5) is 8.78 Å². The van der Waals surface area contributed by atoms with Crippen molar-refractivity contribution in [3.8, 4) is 0 Å². The summed E-state index contributed by atoms with van der Waals surface area (Å²) in [6, 6.07) is 3.98. The quantitative estimate of drug-likeness (QED) is 0.874. The number of thioether (sulfide) groups is 1. The molecule has 1 aromatic carbocycles. The molecule has 0 aliphatic rings. The standard InChI is InChI=1S/C12H9F2NO2S2/c1-6-10(11(16)17)19-12(15-6)18-5-7-3-2-4-8(13)9(7)14/h2-4H,5H2,1H3,(H,16,17). The van der Waals surface area contributed by atoms with E-state index in [9.17, 15) is 13.6 Å². The van der Waals surface area contributed by atoms with Gasteiger partial charge in [-0.15, -0.1) is 11.3 Å². The van der Waals surface area contributed by atoms with Gasteiger partial charge in [0.25, 0.3) is 0 Å². The fourth-order valence-corrected chi connectivity index (χ4v) is 3.43. The number of rotatable bonds is 4. The third-order valence-electron chi connectivity index (χ3n) is 2.35. The van der Waals surface area contributed by atoms with E-state index >= 15 is 0 Å². The minimum absolute atomic E-state index is 0.169. The number of nitrogens with zero attached hydrogens (tertiary/aromatic N) is 1. The second kappa shape index (κ2) is 5.66. The number of carboxylic acid groups (broad SMARTS) is 1. The van der Waals surface area contributed by atoms with E-state index in [4.69, 9.17) is 5.11 Å². The van der Waals surface area contributed by atoms with Crippen molar-refractivity contribution in [2.75, 3.05) is 0 Å². The summed E-state index contributed by atoms with van der Waals surface area (Å²) in [6.07, 6.45) is 0. The summed E-state index contributed by atoms with van der Waals surface area (Å²) >= 11 is 2.22. The number of aryl methyl sites for hydroxylation is 1. The van der Waals surface area contributed by atoms with Crippen molar-refractivity contribution in [2.45, 2.75) is 17.0 Å². The molecular formula is C12H9F2NO2S2. The minimum Gasteiger partial charge on any atom is -0.477 e. The van der Waals surface area contributed by atoms with Crippen LogP contribution in [0.2, 0.25) is 0 Å². The zero-order valence-corrected chi connectivity index (χ0v) is 11.4. The van der Waals surface area contributed by atoms with Crippen LogP contribution in [0.25, 0.3) is 0 Å². The topological polar surface area (TPSA) is 50.2 Å². The molecular weight excluding hydrogens is 292 g/mol. The zero-order chi connectivity index (χ0) is 14.0. The maximum atomic E-state index is 13.4. The zero-order valence-electron chi connectivity index (χ0n) is 9.81. The fraction of sp³-hybridized carbons (Fsp3) is 0.167. The summed E-state index contributed by atoms with van der Waals surface area (Å²) in [5.74, 6) is -2.59. The van der Waals surface area contributed by atoms with Crippen LogP contribution < -0.4 is 0 Å². The SMILES string of the molecule is Cc1nc(SCc2cccc(F)c2F)sc1C(=O)O. The van der Waals surface area contributed by atoms with E-state index in [2.05, 4.69) is 4.98 Å². The maximum absolute atomic E-state index is 13.4. The molecule has 0 spiro atoms. The summed E-state index contributed by atoms with van der Waals surface area (Å²) in [5, 5.41) is 8.90. The first-order valence-corrected chi connectivity index (χ1v) is 7.05. The lowest BCUT2D eigenvalue weighted by Crippen LogP contribution is -1.94. The van der Waals surface area contributed by atoms with E-state index in [1.165, 1.54) is 23.9 Å². The van der Waals surface area contributed by atoms with E-state index in [1.807, 2.05) is 0 Å². The number of thiazole rings is 1. The average molecular weight is 301 g/mol. The average Bonchev–Trinajstić information content (AvgIpc) is 2.73. The van der Waals surface area contributed by atoms with Crippen LogP contribution in [0.15, 0.2) is 22.5 Å². The van der Waals surface area contributed by atoms with Gasteiger partial charge in [-0.05, 0) is 13.0 Å². The molecule has 2 rings (SSSR count). The van der Waals surface area contributed by atoms with Gasteiger partial charge in [-0.3, -0.25) is 0 Å².